The third-order valence-electron chi connectivity index (χ3n) is 1.54. The number of nitrogens with zero attached hydrogens (tertiary/aromatic N) is 1. The van der Waals surface area contributed by atoms with E-state index in [1.165, 1.54) is 0 Å². The maximum Gasteiger partial charge on any atom is 0.211 e. The van der Waals surface area contributed by atoms with Gasteiger partial charge in [-0.05, 0) is 5.56 Å². The molecule has 3 nitrogen and oxygen atoms in total. The zero-order chi connectivity index (χ0) is 9.68. The van der Waals surface area contributed by atoms with Crippen molar-refractivity contribution in [2.75, 3.05) is 0 Å². The summed E-state index contributed by atoms with van der Waals surface area (Å²) in [6, 6.07) is 10.7. The number of benzene rings is 1. The molecule has 1 aromatic carbocycles. The third kappa shape index (κ3) is 2.73. The highest BCUT2D eigenvalue weighted by molar-refractivity contribution is 7.71. The van der Waals surface area contributed by atoms with Crippen molar-refractivity contribution in [3.05, 3.63) is 35.9 Å². The van der Waals surface area contributed by atoms with Crippen LogP contribution >= 0.6 is 0 Å². The van der Waals surface area contributed by atoms with E-state index >= 15 is 0 Å². The molecule has 0 aliphatic carbocycles. The van der Waals surface area contributed by atoms with Gasteiger partial charge in [-0.2, -0.15) is 13.7 Å². The summed E-state index contributed by atoms with van der Waals surface area (Å²) in [4.78, 5) is 0. The predicted octanol–water partition coefficient (Wildman–Crippen LogP) is 0.975. The van der Waals surface area contributed by atoms with Crippen molar-refractivity contribution < 1.29 is 8.42 Å². The molecule has 1 rings (SSSR count). The molecular formula is C9H7NO2S. The number of hydrogen-bond acceptors (Lipinski definition) is 3. The second kappa shape index (κ2) is 4.43. The van der Waals surface area contributed by atoms with Gasteiger partial charge in [-0.3, -0.25) is 0 Å². The van der Waals surface area contributed by atoms with Crippen molar-refractivity contribution in [3.63, 3.8) is 0 Å². The summed E-state index contributed by atoms with van der Waals surface area (Å²) in [5.74, 6) is -0.681. The van der Waals surface area contributed by atoms with Crippen LogP contribution in [0.5, 0.6) is 0 Å². The van der Waals surface area contributed by atoms with Crippen molar-refractivity contribution in [3.8, 4) is 6.07 Å². The first-order valence-corrected chi connectivity index (χ1v) is 4.75. The van der Waals surface area contributed by atoms with Gasteiger partial charge in [-0.1, -0.05) is 30.3 Å². The van der Waals surface area contributed by atoms with E-state index in [0.717, 1.165) is 5.37 Å². The summed E-state index contributed by atoms with van der Waals surface area (Å²) in [5, 5.41) is 9.66. The Morgan fingerprint density at radius 1 is 1.31 bits per heavy atom. The van der Waals surface area contributed by atoms with Gasteiger partial charge in [0.1, 0.15) is 5.92 Å². The Bertz CT molecular complexity index is 434. The van der Waals surface area contributed by atoms with Gasteiger partial charge in [0.05, 0.1) is 11.4 Å². The summed E-state index contributed by atoms with van der Waals surface area (Å²) in [5.41, 5.74) is 0.689. The molecule has 0 bridgehead atoms. The van der Waals surface area contributed by atoms with Crippen LogP contribution in [-0.2, 0) is 10.3 Å². The maximum absolute atomic E-state index is 10.3. The smallest absolute Gasteiger partial charge is 0.197 e. The molecule has 66 valence electrons. The maximum atomic E-state index is 10.3. The first-order chi connectivity index (χ1) is 6.24. The molecular weight excluding hydrogens is 186 g/mol. The minimum atomic E-state index is -2.29. The minimum Gasteiger partial charge on any atom is -0.197 e. The largest absolute Gasteiger partial charge is 0.211 e. The van der Waals surface area contributed by atoms with E-state index in [9.17, 15) is 8.42 Å². The molecule has 0 radical (unpaired) electrons. The molecule has 0 saturated carbocycles. The van der Waals surface area contributed by atoms with E-state index in [-0.39, 0.29) is 0 Å². The van der Waals surface area contributed by atoms with Gasteiger partial charge >= 0.3 is 0 Å². The van der Waals surface area contributed by atoms with Crippen LogP contribution in [0, 0.1) is 11.3 Å². The fraction of sp³-hybridized carbons (Fsp3) is 0.111. The normalized spacial score (nSPS) is 11.3. The molecule has 1 unspecified atom stereocenters. The van der Waals surface area contributed by atoms with Crippen molar-refractivity contribution in [2.45, 2.75) is 5.92 Å². The second-order valence-corrected chi connectivity index (χ2v) is 3.21. The van der Waals surface area contributed by atoms with Crippen LogP contribution in [0.15, 0.2) is 30.3 Å². The first kappa shape index (κ1) is 9.49. The van der Waals surface area contributed by atoms with E-state index in [1.54, 1.807) is 24.3 Å². The SMILES string of the molecule is N#CC(C=S(=O)=O)c1ccccc1. The van der Waals surface area contributed by atoms with Gasteiger partial charge in [-0.25, -0.2) is 0 Å². The molecule has 1 atom stereocenters. The molecule has 0 spiro atoms. The fourth-order valence-corrected chi connectivity index (χ4v) is 1.40. The van der Waals surface area contributed by atoms with Crippen LogP contribution in [-0.4, -0.2) is 13.8 Å². The number of rotatable bonds is 2. The van der Waals surface area contributed by atoms with Crippen molar-refractivity contribution in [1.29, 1.82) is 5.26 Å². The molecule has 0 fully saturated rings. The van der Waals surface area contributed by atoms with Gasteiger partial charge in [-0.15, -0.1) is 0 Å². The lowest BCUT2D eigenvalue weighted by Gasteiger charge is -1.99. The van der Waals surface area contributed by atoms with Crippen LogP contribution in [0.3, 0.4) is 0 Å². The molecule has 4 heteroatoms. The molecule has 0 saturated heterocycles. The van der Waals surface area contributed by atoms with Crippen molar-refractivity contribution in [1.82, 2.24) is 0 Å². The summed E-state index contributed by atoms with van der Waals surface area (Å²) in [6.07, 6.45) is 0. The standard InChI is InChI=1S/C9H7NO2S/c10-6-9(7-13(11)12)8-4-2-1-3-5-8/h1-5,7,9H. The summed E-state index contributed by atoms with van der Waals surface area (Å²) < 4.78 is 20.7. The van der Waals surface area contributed by atoms with Crippen LogP contribution in [0.1, 0.15) is 11.5 Å². The van der Waals surface area contributed by atoms with E-state index in [4.69, 9.17) is 5.26 Å². The Hall–Kier alpha value is -1.60. The molecule has 0 aliphatic heterocycles. The van der Waals surface area contributed by atoms with E-state index in [2.05, 4.69) is 0 Å². The topological polar surface area (TPSA) is 57.9 Å². The highest BCUT2D eigenvalue weighted by Gasteiger charge is 2.06. The predicted molar refractivity (Wildman–Crippen MR) is 49.8 cm³/mol. The van der Waals surface area contributed by atoms with Gasteiger partial charge < -0.3 is 0 Å². The second-order valence-electron chi connectivity index (χ2n) is 2.41. The summed E-state index contributed by atoms with van der Waals surface area (Å²) in [6.45, 7) is 0. The van der Waals surface area contributed by atoms with Crippen LogP contribution < -0.4 is 0 Å². The Labute approximate surface area is 77.8 Å². The van der Waals surface area contributed by atoms with E-state index in [1.807, 2.05) is 12.1 Å². The molecule has 0 amide bonds. The molecule has 1 aromatic rings. The average molecular weight is 193 g/mol. The van der Waals surface area contributed by atoms with Crippen molar-refractivity contribution in [2.24, 2.45) is 0 Å². The average Bonchev–Trinajstić information content (AvgIpc) is 2.15. The lowest BCUT2D eigenvalue weighted by atomic mass is 10.0. The van der Waals surface area contributed by atoms with Gasteiger partial charge in [0.25, 0.3) is 0 Å². The van der Waals surface area contributed by atoms with E-state index in [0.29, 0.717) is 5.56 Å². The molecule has 13 heavy (non-hydrogen) atoms. The zero-order valence-corrected chi connectivity index (χ0v) is 7.53. The van der Waals surface area contributed by atoms with E-state index < -0.39 is 16.2 Å². The lowest BCUT2D eigenvalue weighted by molar-refractivity contribution is 0.627. The quantitative estimate of drug-likeness (QED) is 0.658. The number of nitriles is 1. The monoisotopic (exact) mass is 193 g/mol. The van der Waals surface area contributed by atoms with Gasteiger partial charge in [0.15, 0.2) is 0 Å². The Morgan fingerprint density at radius 3 is 2.38 bits per heavy atom. The minimum absolute atomic E-state index is 0.681. The molecule has 0 heterocycles. The van der Waals surface area contributed by atoms with Crippen LogP contribution in [0.2, 0.25) is 0 Å². The Balaban J connectivity index is 3.08. The highest BCUT2D eigenvalue weighted by atomic mass is 32.2. The third-order valence-corrected chi connectivity index (χ3v) is 2.04. The summed E-state index contributed by atoms with van der Waals surface area (Å²) >= 11 is 0. The molecule has 0 aromatic heterocycles. The molecule has 0 aliphatic rings. The molecule has 0 N–H and O–H groups in total. The van der Waals surface area contributed by atoms with Crippen molar-refractivity contribution >= 4 is 15.7 Å². The zero-order valence-electron chi connectivity index (χ0n) is 6.71. The first-order valence-electron chi connectivity index (χ1n) is 3.61. The van der Waals surface area contributed by atoms with Crippen LogP contribution in [0.4, 0.5) is 0 Å². The highest BCUT2D eigenvalue weighted by Crippen LogP contribution is 2.10. The Kier molecular flexibility index (Phi) is 3.23. The lowest BCUT2D eigenvalue weighted by Crippen LogP contribution is -1.96. The summed E-state index contributed by atoms with van der Waals surface area (Å²) in [7, 11) is -2.29. The fourth-order valence-electron chi connectivity index (χ4n) is 0.955. The van der Waals surface area contributed by atoms with Gasteiger partial charge in [0.2, 0.25) is 10.3 Å². The van der Waals surface area contributed by atoms with Gasteiger partial charge in [0, 0.05) is 0 Å². The number of hydrogen-bond donors (Lipinski definition) is 0. The Morgan fingerprint density at radius 2 is 1.92 bits per heavy atom. The van der Waals surface area contributed by atoms with Crippen LogP contribution in [0.25, 0.3) is 0 Å².